The molecule has 0 unspecified atom stereocenters. The van der Waals surface area contributed by atoms with Crippen molar-refractivity contribution in [2.24, 2.45) is 0 Å². The summed E-state index contributed by atoms with van der Waals surface area (Å²) < 4.78 is 49.0. The minimum atomic E-state index is -4.02. The molecule has 0 saturated carbocycles. The Morgan fingerprint density at radius 1 is 0.711 bits per heavy atom. The molecule has 4 aromatic rings. The minimum absolute atomic E-state index is 0.0541. The molecule has 0 radical (unpaired) electrons. The molecule has 11 nitrogen and oxygen atoms in total. The second-order valence-corrected chi connectivity index (χ2v) is 9.77. The first-order valence-corrected chi connectivity index (χ1v) is 13.0. The van der Waals surface area contributed by atoms with Crippen molar-refractivity contribution in [3.8, 4) is 23.0 Å². The maximum Gasteiger partial charge on any atom is 0.286 e. The van der Waals surface area contributed by atoms with E-state index in [1.807, 2.05) is 18.2 Å². The minimum Gasteiger partial charge on any atom is -0.493 e. The van der Waals surface area contributed by atoms with Gasteiger partial charge in [0.15, 0.2) is 23.0 Å². The number of hydrogen-bond donors (Lipinski definition) is 2. The van der Waals surface area contributed by atoms with Crippen LogP contribution in [-0.4, -0.2) is 51.0 Å². The molecular weight excluding hydrogens is 510 g/mol. The molecule has 0 aliphatic rings. The number of anilines is 2. The molecule has 3 aromatic carbocycles. The van der Waals surface area contributed by atoms with Gasteiger partial charge < -0.3 is 29.6 Å². The summed E-state index contributed by atoms with van der Waals surface area (Å²) in [7, 11) is 2.21. The highest BCUT2D eigenvalue weighted by atomic mass is 32.2. The molecule has 0 amide bonds. The SMILES string of the molecule is COc1ccc(CNc2nc(NCc3ccc(OC)c(OC)c3)n(S(=O)(=O)c3ccccc3)n2)cc1OC. The average molecular weight is 540 g/mol. The molecule has 1 heterocycles. The fraction of sp³-hybridized carbons (Fsp3) is 0.231. The van der Waals surface area contributed by atoms with Crippen molar-refractivity contribution in [2.45, 2.75) is 18.0 Å². The van der Waals surface area contributed by atoms with Gasteiger partial charge in [0, 0.05) is 13.1 Å². The van der Waals surface area contributed by atoms with Crippen molar-refractivity contribution in [3.63, 3.8) is 0 Å². The zero-order chi connectivity index (χ0) is 27.1. The van der Waals surface area contributed by atoms with Gasteiger partial charge in [-0.05, 0) is 47.5 Å². The lowest BCUT2D eigenvalue weighted by Crippen LogP contribution is -2.18. The quantitative estimate of drug-likeness (QED) is 0.275. The first kappa shape index (κ1) is 26.6. The van der Waals surface area contributed by atoms with Gasteiger partial charge in [0.1, 0.15) is 0 Å². The molecule has 0 spiro atoms. The van der Waals surface area contributed by atoms with Crippen LogP contribution in [0.1, 0.15) is 11.1 Å². The Morgan fingerprint density at radius 3 is 1.76 bits per heavy atom. The van der Waals surface area contributed by atoms with Crippen molar-refractivity contribution < 1.29 is 27.4 Å². The number of nitrogens with one attached hydrogen (secondary N) is 2. The summed E-state index contributed by atoms with van der Waals surface area (Å²) in [5, 5.41) is 10.4. The number of ether oxygens (including phenoxy) is 4. The summed E-state index contributed by atoms with van der Waals surface area (Å²) in [6, 6.07) is 18.9. The van der Waals surface area contributed by atoms with Crippen LogP contribution in [0.3, 0.4) is 0 Å². The van der Waals surface area contributed by atoms with Gasteiger partial charge >= 0.3 is 0 Å². The first-order valence-electron chi connectivity index (χ1n) is 11.6. The second-order valence-electron chi connectivity index (χ2n) is 8.01. The molecule has 0 aliphatic carbocycles. The Hall–Kier alpha value is -4.45. The molecule has 38 heavy (non-hydrogen) atoms. The number of hydrogen-bond acceptors (Lipinski definition) is 10. The molecule has 12 heteroatoms. The monoisotopic (exact) mass is 539 g/mol. The smallest absolute Gasteiger partial charge is 0.286 e. The summed E-state index contributed by atoms with van der Waals surface area (Å²) in [4.78, 5) is 4.51. The number of aromatic nitrogens is 3. The maximum absolute atomic E-state index is 13.4. The van der Waals surface area contributed by atoms with Gasteiger partial charge in [-0.25, -0.2) is 0 Å². The normalized spacial score (nSPS) is 11.1. The van der Waals surface area contributed by atoms with Gasteiger partial charge in [0.2, 0.25) is 11.9 Å². The van der Waals surface area contributed by atoms with Gasteiger partial charge in [0.05, 0.1) is 33.3 Å². The molecule has 200 valence electrons. The van der Waals surface area contributed by atoms with Crippen LogP contribution >= 0.6 is 0 Å². The van der Waals surface area contributed by atoms with E-state index in [9.17, 15) is 8.42 Å². The third-order valence-corrected chi connectivity index (χ3v) is 7.22. The lowest BCUT2D eigenvalue weighted by atomic mass is 10.2. The third-order valence-electron chi connectivity index (χ3n) is 5.64. The summed E-state index contributed by atoms with van der Waals surface area (Å²) in [6.45, 7) is 0.587. The molecule has 1 aromatic heterocycles. The molecule has 0 fully saturated rings. The second kappa shape index (κ2) is 11.7. The summed E-state index contributed by atoms with van der Waals surface area (Å²) >= 11 is 0. The van der Waals surface area contributed by atoms with E-state index < -0.39 is 10.0 Å². The van der Waals surface area contributed by atoms with Gasteiger partial charge in [-0.3, -0.25) is 0 Å². The van der Waals surface area contributed by atoms with Crippen molar-refractivity contribution >= 4 is 21.9 Å². The zero-order valence-corrected chi connectivity index (χ0v) is 22.3. The van der Waals surface area contributed by atoms with Gasteiger partial charge in [-0.2, -0.15) is 13.4 Å². The highest BCUT2D eigenvalue weighted by Crippen LogP contribution is 2.29. The summed E-state index contributed by atoms with van der Waals surface area (Å²) in [5.74, 6) is 2.52. The van der Waals surface area contributed by atoms with E-state index in [-0.39, 0.29) is 23.3 Å². The Morgan fingerprint density at radius 2 is 1.24 bits per heavy atom. The number of rotatable bonds is 12. The lowest BCUT2D eigenvalue weighted by molar-refractivity contribution is 0.354. The van der Waals surface area contributed by atoms with E-state index in [0.717, 1.165) is 15.2 Å². The first-order chi connectivity index (χ1) is 18.4. The topological polar surface area (TPSA) is 126 Å². The van der Waals surface area contributed by atoms with Crippen LogP contribution in [0.5, 0.6) is 23.0 Å². The van der Waals surface area contributed by atoms with Gasteiger partial charge in [0.25, 0.3) is 10.0 Å². The van der Waals surface area contributed by atoms with Crippen molar-refractivity contribution in [3.05, 3.63) is 77.9 Å². The van der Waals surface area contributed by atoms with Crippen LogP contribution in [0.2, 0.25) is 0 Å². The van der Waals surface area contributed by atoms with Gasteiger partial charge in [-0.1, -0.05) is 30.3 Å². The molecular formula is C26H29N5O6S. The Bertz CT molecular complexity index is 1490. The van der Waals surface area contributed by atoms with E-state index in [1.54, 1.807) is 64.8 Å². The van der Waals surface area contributed by atoms with Crippen molar-refractivity contribution in [2.75, 3.05) is 39.1 Å². The van der Waals surface area contributed by atoms with Crippen LogP contribution in [0.4, 0.5) is 11.9 Å². The summed E-state index contributed by atoms with van der Waals surface area (Å²) in [5.41, 5.74) is 1.69. The number of nitrogens with zero attached hydrogens (tertiary/aromatic N) is 3. The Balaban J connectivity index is 1.61. The van der Waals surface area contributed by atoms with Crippen molar-refractivity contribution in [1.82, 2.24) is 14.2 Å². The maximum atomic E-state index is 13.4. The molecule has 0 bridgehead atoms. The van der Waals surface area contributed by atoms with E-state index in [1.165, 1.54) is 12.1 Å². The van der Waals surface area contributed by atoms with Gasteiger partial charge in [-0.15, -0.1) is 9.19 Å². The Labute approximate surface area is 221 Å². The third kappa shape index (κ3) is 5.75. The Kier molecular flexibility index (Phi) is 8.22. The van der Waals surface area contributed by atoms with E-state index >= 15 is 0 Å². The van der Waals surface area contributed by atoms with E-state index in [0.29, 0.717) is 29.5 Å². The van der Waals surface area contributed by atoms with Crippen LogP contribution in [0.25, 0.3) is 0 Å². The lowest BCUT2D eigenvalue weighted by Gasteiger charge is -2.11. The average Bonchev–Trinajstić information content (AvgIpc) is 3.39. The highest BCUT2D eigenvalue weighted by molar-refractivity contribution is 7.90. The predicted octanol–water partition coefficient (Wildman–Crippen LogP) is 3.77. The number of methoxy groups -OCH3 is 4. The van der Waals surface area contributed by atoms with Crippen LogP contribution < -0.4 is 29.6 Å². The van der Waals surface area contributed by atoms with Crippen LogP contribution in [-0.2, 0) is 23.1 Å². The molecule has 2 N–H and O–H groups in total. The largest absolute Gasteiger partial charge is 0.493 e. The summed E-state index contributed by atoms with van der Waals surface area (Å²) in [6.07, 6.45) is 0. The standard InChI is InChI=1S/C26H29N5O6S/c1-34-21-12-10-18(14-23(21)36-3)16-27-25-29-26(28-17-19-11-13-22(35-2)24(15-19)37-4)31(30-25)38(32,33)20-8-6-5-7-9-20/h5-15H,16-17H2,1-4H3,(H2,27,28,29,30). The zero-order valence-electron chi connectivity index (χ0n) is 21.5. The molecule has 0 aliphatic heterocycles. The molecule has 0 saturated heterocycles. The van der Waals surface area contributed by atoms with E-state index in [2.05, 4.69) is 20.7 Å². The van der Waals surface area contributed by atoms with Crippen LogP contribution in [0.15, 0.2) is 71.6 Å². The molecule has 4 rings (SSSR count). The fourth-order valence-corrected chi connectivity index (χ4v) is 4.90. The number of benzene rings is 3. The van der Waals surface area contributed by atoms with Crippen LogP contribution in [0, 0.1) is 0 Å². The fourth-order valence-electron chi connectivity index (χ4n) is 3.68. The molecule has 0 atom stereocenters. The predicted molar refractivity (Wildman–Crippen MR) is 143 cm³/mol. The van der Waals surface area contributed by atoms with Crippen molar-refractivity contribution in [1.29, 1.82) is 0 Å². The van der Waals surface area contributed by atoms with E-state index in [4.69, 9.17) is 18.9 Å². The highest BCUT2D eigenvalue weighted by Gasteiger charge is 2.24.